The normalized spacial score (nSPS) is 18.0. The van der Waals surface area contributed by atoms with Crippen LogP contribution in [0.1, 0.15) is 18.4 Å². The van der Waals surface area contributed by atoms with Gasteiger partial charge in [-0.05, 0) is 54.0 Å². The molecule has 2 nitrogen and oxygen atoms in total. The highest BCUT2D eigenvalue weighted by atomic mass is 79.9. The molecule has 1 saturated heterocycles. The van der Waals surface area contributed by atoms with E-state index in [0.717, 1.165) is 0 Å². The summed E-state index contributed by atoms with van der Waals surface area (Å²) in [5.74, 6) is -1.11. The molecular weight excluding hydrogens is 354 g/mol. The van der Waals surface area contributed by atoms with E-state index in [0.29, 0.717) is 35.4 Å². The molecule has 0 aromatic heterocycles. The second kappa shape index (κ2) is 6.52. The molecule has 21 heavy (non-hydrogen) atoms. The van der Waals surface area contributed by atoms with Crippen molar-refractivity contribution >= 4 is 15.9 Å². The molecule has 118 valence electrons. The van der Waals surface area contributed by atoms with Crippen LogP contribution in [0, 0.1) is 11.7 Å². The van der Waals surface area contributed by atoms with Crippen molar-refractivity contribution in [1.82, 2.24) is 4.90 Å². The van der Waals surface area contributed by atoms with E-state index in [1.165, 1.54) is 19.2 Å². The molecule has 1 aliphatic heterocycles. The number of hydrogen-bond donors (Lipinski definition) is 0. The SMILES string of the molecule is COc1ccc(F)c(Br)c1CN1CCC(C(F)(F)F)CC1. The summed E-state index contributed by atoms with van der Waals surface area (Å²) in [4.78, 5) is 1.89. The Kier molecular flexibility index (Phi) is 5.14. The van der Waals surface area contributed by atoms with Gasteiger partial charge in [-0.1, -0.05) is 0 Å². The van der Waals surface area contributed by atoms with E-state index in [2.05, 4.69) is 15.9 Å². The van der Waals surface area contributed by atoms with Gasteiger partial charge in [0.1, 0.15) is 11.6 Å². The molecule has 0 bridgehead atoms. The molecule has 0 unspecified atom stereocenters. The first kappa shape index (κ1) is 16.5. The fourth-order valence-corrected chi connectivity index (χ4v) is 3.01. The minimum absolute atomic E-state index is 0.0821. The number of halogens is 5. The van der Waals surface area contributed by atoms with Crippen LogP contribution in [0.3, 0.4) is 0 Å². The standard InChI is InChI=1S/C14H16BrF4NO/c1-21-12-3-2-11(16)13(15)10(12)8-20-6-4-9(5-7-20)14(17,18)19/h2-3,9H,4-8H2,1H3. The Morgan fingerprint density at radius 2 is 1.90 bits per heavy atom. The first-order valence-electron chi connectivity index (χ1n) is 6.63. The Morgan fingerprint density at radius 3 is 2.43 bits per heavy atom. The van der Waals surface area contributed by atoms with Gasteiger partial charge in [0.15, 0.2) is 0 Å². The molecule has 0 amide bonds. The maximum absolute atomic E-state index is 13.6. The summed E-state index contributed by atoms with van der Waals surface area (Å²) in [5.41, 5.74) is 0.628. The van der Waals surface area contributed by atoms with E-state index in [4.69, 9.17) is 4.74 Å². The zero-order chi connectivity index (χ0) is 15.6. The molecule has 0 atom stereocenters. The minimum Gasteiger partial charge on any atom is -0.496 e. The predicted octanol–water partition coefficient (Wildman–Crippen LogP) is 4.37. The van der Waals surface area contributed by atoms with Crippen molar-refractivity contribution in [3.05, 3.63) is 28.0 Å². The molecule has 1 aromatic rings. The molecule has 0 saturated carbocycles. The number of piperidine rings is 1. The van der Waals surface area contributed by atoms with Crippen LogP contribution in [0.5, 0.6) is 5.75 Å². The van der Waals surface area contributed by atoms with Crippen molar-refractivity contribution < 1.29 is 22.3 Å². The molecule has 0 aliphatic carbocycles. The third kappa shape index (κ3) is 3.88. The molecule has 0 spiro atoms. The number of ether oxygens (including phenoxy) is 1. The molecule has 7 heteroatoms. The predicted molar refractivity (Wildman–Crippen MR) is 74.7 cm³/mol. The average molecular weight is 370 g/mol. The summed E-state index contributed by atoms with van der Waals surface area (Å²) < 4.78 is 57.0. The summed E-state index contributed by atoms with van der Waals surface area (Å²) in [6.07, 6.45) is -3.96. The van der Waals surface area contributed by atoms with Gasteiger partial charge in [-0.3, -0.25) is 4.90 Å². The molecule has 2 rings (SSSR count). The number of methoxy groups -OCH3 is 1. The van der Waals surface area contributed by atoms with Gasteiger partial charge >= 0.3 is 6.18 Å². The Labute approximate surface area is 129 Å². The van der Waals surface area contributed by atoms with E-state index in [1.54, 1.807) is 0 Å². The van der Waals surface area contributed by atoms with Gasteiger partial charge in [0, 0.05) is 12.1 Å². The maximum atomic E-state index is 13.6. The van der Waals surface area contributed by atoms with Gasteiger partial charge in [-0.2, -0.15) is 13.2 Å². The monoisotopic (exact) mass is 369 g/mol. The first-order chi connectivity index (χ1) is 9.82. The third-order valence-electron chi connectivity index (χ3n) is 3.81. The summed E-state index contributed by atoms with van der Waals surface area (Å²) in [6.45, 7) is 1.05. The van der Waals surface area contributed by atoms with Crippen LogP contribution >= 0.6 is 15.9 Å². The van der Waals surface area contributed by atoms with E-state index in [-0.39, 0.29) is 12.8 Å². The van der Waals surface area contributed by atoms with Crippen LogP contribution in [-0.4, -0.2) is 31.3 Å². The minimum atomic E-state index is -4.12. The van der Waals surface area contributed by atoms with E-state index < -0.39 is 17.9 Å². The molecule has 1 heterocycles. The highest BCUT2D eigenvalue weighted by Gasteiger charge is 2.41. The fraction of sp³-hybridized carbons (Fsp3) is 0.571. The highest BCUT2D eigenvalue weighted by molar-refractivity contribution is 9.10. The average Bonchev–Trinajstić information content (AvgIpc) is 2.44. The number of rotatable bonds is 3. The van der Waals surface area contributed by atoms with Crippen molar-refractivity contribution in [2.75, 3.05) is 20.2 Å². The van der Waals surface area contributed by atoms with Crippen molar-refractivity contribution in [3.63, 3.8) is 0 Å². The van der Waals surface area contributed by atoms with Gasteiger partial charge < -0.3 is 4.74 Å². The molecule has 1 aromatic carbocycles. The number of nitrogens with zero attached hydrogens (tertiary/aromatic N) is 1. The van der Waals surface area contributed by atoms with Crippen LogP contribution in [0.25, 0.3) is 0 Å². The van der Waals surface area contributed by atoms with Crippen molar-refractivity contribution in [1.29, 1.82) is 0 Å². The summed E-state index contributed by atoms with van der Waals surface area (Å²) in [6, 6.07) is 2.82. The molecule has 1 aliphatic rings. The van der Waals surface area contributed by atoms with E-state index in [9.17, 15) is 17.6 Å². The largest absolute Gasteiger partial charge is 0.496 e. The topological polar surface area (TPSA) is 12.5 Å². The van der Waals surface area contributed by atoms with E-state index >= 15 is 0 Å². The van der Waals surface area contributed by atoms with Gasteiger partial charge in [-0.25, -0.2) is 4.39 Å². The lowest BCUT2D eigenvalue weighted by atomic mass is 9.96. The van der Waals surface area contributed by atoms with Crippen LogP contribution in [-0.2, 0) is 6.54 Å². The lowest BCUT2D eigenvalue weighted by Crippen LogP contribution is -2.38. The lowest BCUT2D eigenvalue weighted by Gasteiger charge is -2.33. The number of hydrogen-bond acceptors (Lipinski definition) is 2. The maximum Gasteiger partial charge on any atom is 0.391 e. The number of likely N-dealkylation sites (tertiary alicyclic amines) is 1. The number of alkyl halides is 3. The van der Waals surface area contributed by atoms with Crippen molar-refractivity contribution in [2.45, 2.75) is 25.6 Å². The van der Waals surface area contributed by atoms with Gasteiger partial charge in [0.25, 0.3) is 0 Å². The number of benzene rings is 1. The summed E-state index contributed by atoms with van der Waals surface area (Å²) in [5, 5.41) is 0. The third-order valence-corrected chi connectivity index (χ3v) is 4.66. The summed E-state index contributed by atoms with van der Waals surface area (Å²) >= 11 is 3.18. The Balaban J connectivity index is 2.06. The second-order valence-electron chi connectivity index (χ2n) is 5.13. The van der Waals surface area contributed by atoms with Gasteiger partial charge in [0.05, 0.1) is 17.5 Å². The summed E-state index contributed by atoms with van der Waals surface area (Å²) in [7, 11) is 1.49. The second-order valence-corrected chi connectivity index (χ2v) is 5.93. The Hall–Kier alpha value is -0.820. The van der Waals surface area contributed by atoms with Crippen LogP contribution < -0.4 is 4.74 Å². The molecular formula is C14H16BrF4NO. The Bertz CT molecular complexity index is 498. The van der Waals surface area contributed by atoms with Gasteiger partial charge in [-0.15, -0.1) is 0 Å². The first-order valence-corrected chi connectivity index (χ1v) is 7.42. The highest BCUT2D eigenvalue weighted by Crippen LogP contribution is 2.36. The van der Waals surface area contributed by atoms with Crippen molar-refractivity contribution in [3.8, 4) is 5.75 Å². The fourth-order valence-electron chi connectivity index (χ4n) is 2.56. The van der Waals surface area contributed by atoms with Crippen LogP contribution in [0.2, 0.25) is 0 Å². The van der Waals surface area contributed by atoms with Gasteiger partial charge in [0.2, 0.25) is 0 Å². The lowest BCUT2D eigenvalue weighted by molar-refractivity contribution is -0.185. The molecule has 0 radical (unpaired) electrons. The zero-order valence-electron chi connectivity index (χ0n) is 11.5. The molecule has 1 fully saturated rings. The molecule has 0 N–H and O–H groups in total. The van der Waals surface area contributed by atoms with Crippen LogP contribution in [0.4, 0.5) is 17.6 Å². The van der Waals surface area contributed by atoms with Crippen molar-refractivity contribution in [2.24, 2.45) is 5.92 Å². The Morgan fingerprint density at radius 1 is 1.29 bits per heavy atom. The smallest absolute Gasteiger partial charge is 0.391 e. The quantitative estimate of drug-likeness (QED) is 0.733. The van der Waals surface area contributed by atoms with Crippen LogP contribution in [0.15, 0.2) is 16.6 Å². The zero-order valence-corrected chi connectivity index (χ0v) is 13.1. The van der Waals surface area contributed by atoms with E-state index in [1.807, 2.05) is 4.90 Å².